The molecule has 2 amide bonds. The van der Waals surface area contributed by atoms with Crippen LogP contribution in [0.2, 0.25) is 0 Å². The topological polar surface area (TPSA) is 104 Å². The number of carbonyl (C=O) groups excluding carboxylic acids is 2. The molecule has 1 saturated carbocycles. The molecule has 2 aromatic rings. The molecule has 11 heteroatoms. The van der Waals surface area contributed by atoms with Gasteiger partial charge in [0.25, 0.3) is 0 Å². The van der Waals surface area contributed by atoms with Crippen LogP contribution in [0.4, 0.5) is 10.9 Å². The summed E-state index contributed by atoms with van der Waals surface area (Å²) in [5.41, 5.74) is 0. The van der Waals surface area contributed by atoms with Gasteiger partial charge in [0.1, 0.15) is 5.76 Å². The van der Waals surface area contributed by atoms with Gasteiger partial charge in [-0.3, -0.25) is 9.59 Å². The highest BCUT2D eigenvalue weighted by Gasteiger charge is 2.30. The Kier molecular flexibility index (Phi) is 6.34. The van der Waals surface area contributed by atoms with Crippen molar-refractivity contribution < 1.29 is 14.1 Å². The molecule has 2 aromatic heterocycles. The Morgan fingerprint density at radius 1 is 1.24 bits per heavy atom. The van der Waals surface area contributed by atoms with Crippen LogP contribution in [-0.4, -0.2) is 64.0 Å². The highest BCUT2D eigenvalue weighted by atomic mass is 32.2. The van der Waals surface area contributed by atoms with Crippen molar-refractivity contribution in [3.8, 4) is 0 Å². The molecule has 156 valence electrons. The molecule has 1 saturated heterocycles. The zero-order chi connectivity index (χ0) is 20.2. The third kappa shape index (κ3) is 5.08. The fourth-order valence-electron chi connectivity index (χ4n) is 3.67. The van der Waals surface area contributed by atoms with E-state index in [9.17, 15) is 9.59 Å². The van der Waals surface area contributed by atoms with E-state index in [0.717, 1.165) is 48.5 Å². The lowest BCUT2D eigenvalue weighted by Gasteiger charge is -2.35. The maximum atomic E-state index is 12.6. The molecular formula is C18H24N6O3S2. The quantitative estimate of drug-likeness (QED) is 0.689. The summed E-state index contributed by atoms with van der Waals surface area (Å²) in [6.07, 6.45) is 4.44. The first-order valence-electron chi connectivity index (χ1n) is 9.82. The molecule has 0 aromatic carbocycles. The molecule has 9 nitrogen and oxygen atoms in total. The molecule has 0 radical (unpaired) electrons. The summed E-state index contributed by atoms with van der Waals surface area (Å²) in [5, 5.41) is 15.7. The number of nitrogens with zero attached hydrogens (tertiary/aromatic N) is 5. The van der Waals surface area contributed by atoms with Gasteiger partial charge >= 0.3 is 0 Å². The largest absolute Gasteiger partial charge is 0.360 e. The summed E-state index contributed by atoms with van der Waals surface area (Å²) in [6.45, 7) is 4.77. The van der Waals surface area contributed by atoms with Gasteiger partial charge in [0.05, 0.1) is 5.75 Å². The van der Waals surface area contributed by atoms with Crippen molar-refractivity contribution in [1.29, 1.82) is 0 Å². The minimum atomic E-state index is -0.168. The molecule has 29 heavy (non-hydrogen) atoms. The number of carbonyl (C=O) groups is 2. The van der Waals surface area contributed by atoms with Crippen molar-refractivity contribution in [2.24, 2.45) is 5.92 Å². The van der Waals surface area contributed by atoms with Crippen LogP contribution < -0.4 is 10.2 Å². The first-order valence-corrected chi connectivity index (χ1v) is 11.6. The van der Waals surface area contributed by atoms with Crippen LogP contribution >= 0.6 is 23.1 Å². The van der Waals surface area contributed by atoms with Crippen LogP contribution in [0.1, 0.15) is 31.4 Å². The summed E-state index contributed by atoms with van der Waals surface area (Å²) in [5.74, 6) is 1.67. The van der Waals surface area contributed by atoms with Crippen LogP contribution in [0.5, 0.6) is 0 Å². The second-order valence-electron chi connectivity index (χ2n) is 7.30. The lowest BCUT2D eigenvalue weighted by molar-refractivity contribution is -0.135. The monoisotopic (exact) mass is 436 g/mol. The average Bonchev–Trinajstić information content (AvgIpc) is 3.48. The predicted molar refractivity (Wildman–Crippen MR) is 111 cm³/mol. The van der Waals surface area contributed by atoms with Gasteiger partial charge < -0.3 is 19.6 Å². The van der Waals surface area contributed by atoms with E-state index in [4.69, 9.17) is 4.52 Å². The van der Waals surface area contributed by atoms with Gasteiger partial charge in [0.15, 0.2) is 10.2 Å². The second kappa shape index (κ2) is 9.12. The number of piperazine rings is 1. The molecule has 0 bridgehead atoms. The molecule has 3 heterocycles. The summed E-state index contributed by atoms with van der Waals surface area (Å²) in [6, 6.07) is 1.67. The normalized spacial score (nSPS) is 17.7. The van der Waals surface area contributed by atoms with Crippen LogP contribution in [0.25, 0.3) is 0 Å². The number of thioether (sulfide) groups is 1. The Bertz CT molecular complexity index is 855. The van der Waals surface area contributed by atoms with Crippen molar-refractivity contribution in [2.75, 3.05) is 42.1 Å². The summed E-state index contributed by atoms with van der Waals surface area (Å²) >= 11 is 2.82. The Morgan fingerprint density at radius 3 is 2.69 bits per heavy atom. The number of nitrogens with one attached hydrogen (secondary N) is 1. The van der Waals surface area contributed by atoms with E-state index in [1.165, 1.54) is 35.9 Å². The highest BCUT2D eigenvalue weighted by Crippen LogP contribution is 2.30. The van der Waals surface area contributed by atoms with Crippen molar-refractivity contribution in [2.45, 2.75) is 36.9 Å². The van der Waals surface area contributed by atoms with E-state index >= 15 is 0 Å². The van der Waals surface area contributed by atoms with E-state index in [0.29, 0.717) is 17.5 Å². The number of anilines is 2. The van der Waals surface area contributed by atoms with Gasteiger partial charge in [0.2, 0.25) is 16.9 Å². The fourth-order valence-corrected chi connectivity index (χ4v) is 5.36. The van der Waals surface area contributed by atoms with Gasteiger partial charge in [-0.05, 0) is 19.8 Å². The zero-order valence-corrected chi connectivity index (χ0v) is 17.9. The number of aryl methyl sites for hydroxylation is 1. The van der Waals surface area contributed by atoms with Gasteiger partial charge in [-0.2, -0.15) is 0 Å². The lowest BCUT2D eigenvalue weighted by Crippen LogP contribution is -2.50. The standard InChI is InChI=1S/C18H24N6O3S2/c1-12-10-14(22-27-12)19-15(25)11-28-18-21-20-17(29-18)24-8-6-23(7-9-24)16(26)13-4-2-3-5-13/h10,13H,2-9,11H2,1H3,(H,19,22,25). The fraction of sp³-hybridized carbons (Fsp3) is 0.611. The third-order valence-electron chi connectivity index (χ3n) is 5.18. The zero-order valence-electron chi connectivity index (χ0n) is 16.3. The Labute approximate surface area is 177 Å². The maximum absolute atomic E-state index is 12.6. The van der Waals surface area contributed by atoms with E-state index in [2.05, 4.69) is 25.6 Å². The Balaban J connectivity index is 1.23. The van der Waals surface area contributed by atoms with Gasteiger partial charge in [-0.25, -0.2) is 0 Å². The lowest BCUT2D eigenvalue weighted by atomic mass is 10.1. The van der Waals surface area contributed by atoms with E-state index in [1.807, 2.05) is 4.90 Å². The number of hydrogen-bond acceptors (Lipinski definition) is 9. The molecule has 0 spiro atoms. The van der Waals surface area contributed by atoms with Crippen molar-refractivity contribution >= 4 is 45.9 Å². The van der Waals surface area contributed by atoms with Crippen LogP contribution in [0.3, 0.4) is 0 Å². The SMILES string of the molecule is Cc1cc(NC(=O)CSc2nnc(N3CCN(C(=O)C4CCCC4)CC3)s2)no1. The third-order valence-corrected chi connectivity index (χ3v) is 7.30. The molecule has 1 aliphatic heterocycles. The molecule has 2 aliphatic rings. The minimum absolute atomic E-state index is 0.168. The number of rotatable bonds is 6. The first-order chi connectivity index (χ1) is 14.1. The molecule has 0 atom stereocenters. The minimum Gasteiger partial charge on any atom is -0.360 e. The first kappa shape index (κ1) is 20.1. The van der Waals surface area contributed by atoms with E-state index in [1.54, 1.807) is 13.0 Å². The molecular weight excluding hydrogens is 412 g/mol. The van der Waals surface area contributed by atoms with Crippen LogP contribution in [0, 0.1) is 12.8 Å². The van der Waals surface area contributed by atoms with Gasteiger partial charge in [0, 0.05) is 38.2 Å². The average molecular weight is 437 g/mol. The number of amides is 2. The van der Waals surface area contributed by atoms with Crippen LogP contribution in [-0.2, 0) is 9.59 Å². The smallest absolute Gasteiger partial charge is 0.236 e. The number of hydrogen-bond donors (Lipinski definition) is 1. The highest BCUT2D eigenvalue weighted by molar-refractivity contribution is 8.01. The molecule has 1 aliphatic carbocycles. The maximum Gasteiger partial charge on any atom is 0.236 e. The van der Waals surface area contributed by atoms with Crippen molar-refractivity contribution in [3.05, 3.63) is 11.8 Å². The summed E-state index contributed by atoms with van der Waals surface area (Å²) < 4.78 is 5.67. The molecule has 1 N–H and O–H groups in total. The molecule has 4 rings (SSSR count). The van der Waals surface area contributed by atoms with Gasteiger partial charge in [-0.15, -0.1) is 10.2 Å². The molecule has 2 fully saturated rings. The second-order valence-corrected chi connectivity index (χ2v) is 9.48. The van der Waals surface area contributed by atoms with Crippen molar-refractivity contribution in [3.63, 3.8) is 0 Å². The van der Waals surface area contributed by atoms with Crippen LogP contribution in [0.15, 0.2) is 14.9 Å². The molecule has 0 unspecified atom stereocenters. The van der Waals surface area contributed by atoms with E-state index < -0.39 is 0 Å². The van der Waals surface area contributed by atoms with Crippen molar-refractivity contribution in [1.82, 2.24) is 20.3 Å². The summed E-state index contributed by atoms with van der Waals surface area (Å²) in [7, 11) is 0. The summed E-state index contributed by atoms with van der Waals surface area (Å²) in [4.78, 5) is 28.7. The predicted octanol–water partition coefficient (Wildman–Crippen LogP) is 2.40. The number of aromatic nitrogens is 3. The Morgan fingerprint density at radius 2 is 2.00 bits per heavy atom. The van der Waals surface area contributed by atoms with E-state index in [-0.39, 0.29) is 17.6 Å². The Hall–Kier alpha value is -2.14. The van der Waals surface area contributed by atoms with Gasteiger partial charge in [-0.1, -0.05) is 41.1 Å².